The van der Waals surface area contributed by atoms with E-state index in [9.17, 15) is 0 Å². The number of hydrogen-bond acceptors (Lipinski definition) is 2. The predicted octanol–water partition coefficient (Wildman–Crippen LogP) is 3.88. The summed E-state index contributed by atoms with van der Waals surface area (Å²) in [6, 6.07) is 3.78. The standard InChI is InChI=1S/C12H12ClNOS/c1-7-6-14(2)10-5-11(15-3)9(13)4-8(10)12(7)16/h4-6H,1-3H3. The van der Waals surface area contributed by atoms with Crippen molar-refractivity contribution in [3.05, 3.63) is 33.4 Å². The molecule has 1 aromatic carbocycles. The van der Waals surface area contributed by atoms with E-state index in [2.05, 4.69) is 0 Å². The van der Waals surface area contributed by atoms with Crippen molar-refractivity contribution in [2.75, 3.05) is 7.11 Å². The maximum Gasteiger partial charge on any atom is 0.139 e. The van der Waals surface area contributed by atoms with Gasteiger partial charge in [-0.1, -0.05) is 23.8 Å². The third-order valence-electron chi connectivity index (χ3n) is 2.64. The van der Waals surface area contributed by atoms with Gasteiger partial charge in [-0.15, -0.1) is 0 Å². The molecule has 2 aromatic rings. The van der Waals surface area contributed by atoms with Crippen LogP contribution in [0.4, 0.5) is 0 Å². The first-order chi connectivity index (χ1) is 7.54. The largest absolute Gasteiger partial charge is 0.495 e. The molecule has 84 valence electrons. The molecule has 0 radical (unpaired) electrons. The van der Waals surface area contributed by atoms with Crippen LogP contribution in [0.5, 0.6) is 5.75 Å². The Balaban J connectivity index is 2.96. The molecular weight excluding hydrogens is 242 g/mol. The zero-order valence-electron chi connectivity index (χ0n) is 9.37. The molecule has 4 heteroatoms. The minimum absolute atomic E-state index is 0.590. The summed E-state index contributed by atoms with van der Waals surface area (Å²) in [6.45, 7) is 2.00. The second kappa shape index (κ2) is 4.07. The molecule has 0 aliphatic heterocycles. The van der Waals surface area contributed by atoms with E-state index in [1.165, 1.54) is 0 Å². The van der Waals surface area contributed by atoms with Crippen LogP contribution in [0, 0.1) is 11.4 Å². The van der Waals surface area contributed by atoms with E-state index >= 15 is 0 Å². The Kier molecular flexibility index (Phi) is 2.91. The molecule has 0 spiro atoms. The summed E-state index contributed by atoms with van der Waals surface area (Å²) in [5.41, 5.74) is 2.10. The Morgan fingerprint density at radius 1 is 1.38 bits per heavy atom. The van der Waals surface area contributed by atoms with Gasteiger partial charge in [-0.25, -0.2) is 0 Å². The van der Waals surface area contributed by atoms with Crippen LogP contribution >= 0.6 is 23.8 Å². The molecule has 0 N–H and O–H groups in total. The first-order valence-corrected chi connectivity index (χ1v) is 5.66. The number of halogens is 1. The van der Waals surface area contributed by atoms with Crippen LogP contribution in [0.3, 0.4) is 0 Å². The van der Waals surface area contributed by atoms with E-state index < -0.39 is 0 Å². The third kappa shape index (κ3) is 1.70. The summed E-state index contributed by atoms with van der Waals surface area (Å²) >= 11 is 11.5. The summed E-state index contributed by atoms with van der Waals surface area (Å²) < 4.78 is 8.07. The summed E-state index contributed by atoms with van der Waals surface area (Å²) in [7, 11) is 3.59. The van der Waals surface area contributed by atoms with Crippen molar-refractivity contribution < 1.29 is 4.74 Å². The average Bonchev–Trinajstić information content (AvgIpc) is 2.25. The van der Waals surface area contributed by atoms with Gasteiger partial charge in [-0.3, -0.25) is 0 Å². The Bertz CT molecular complexity index is 618. The van der Waals surface area contributed by atoms with Gasteiger partial charge in [0.05, 0.1) is 22.2 Å². The molecule has 0 aliphatic rings. The van der Waals surface area contributed by atoms with Gasteiger partial charge in [0.2, 0.25) is 0 Å². The highest BCUT2D eigenvalue weighted by Crippen LogP contribution is 2.30. The number of aryl methyl sites for hydroxylation is 2. The van der Waals surface area contributed by atoms with Crippen molar-refractivity contribution in [2.24, 2.45) is 7.05 Å². The number of aromatic nitrogens is 1. The van der Waals surface area contributed by atoms with E-state index in [1.54, 1.807) is 7.11 Å². The normalized spacial score (nSPS) is 10.8. The SMILES string of the molecule is COc1cc2c(cc1Cl)c(=S)c(C)cn2C. The molecule has 0 saturated carbocycles. The number of ether oxygens (including phenoxy) is 1. The van der Waals surface area contributed by atoms with E-state index in [-0.39, 0.29) is 0 Å². The van der Waals surface area contributed by atoms with Crippen molar-refractivity contribution in [1.29, 1.82) is 0 Å². The number of pyridine rings is 1. The van der Waals surface area contributed by atoms with Crippen LogP contribution in [0.2, 0.25) is 5.02 Å². The summed E-state index contributed by atoms with van der Waals surface area (Å²) in [5.74, 6) is 0.669. The topological polar surface area (TPSA) is 14.2 Å². The van der Waals surface area contributed by atoms with Crippen molar-refractivity contribution in [1.82, 2.24) is 4.57 Å². The fraction of sp³-hybridized carbons (Fsp3) is 0.250. The van der Waals surface area contributed by atoms with Gasteiger partial charge in [-0.2, -0.15) is 0 Å². The molecule has 1 aromatic heterocycles. The molecule has 0 atom stereocenters. The van der Waals surface area contributed by atoms with Crippen LogP contribution in [-0.4, -0.2) is 11.7 Å². The van der Waals surface area contributed by atoms with Crippen LogP contribution in [0.25, 0.3) is 10.9 Å². The first kappa shape index (κ1) is 11.4. The van der Waals surface area contributed by atoms with Gasteiger partial charge in [0, 0.05) is 24.7 Å². The van der Waals surface area contributed by atoms with E-state index in [1.807, 2.05) is 36.9 Å². The smallest absolute Gasteiger partial charge is 0.139 e. The number of benzene rings is 1. The third-order valence-corrected chi connectivity index (χ3v) is 3.48. The molecule has 0 amide bonds. The lowest BCUT2D eigenvalue weighted by Gasteiger charge is -2.11. The molecule has 16 heavy (non-hydrogen) atoms. The molecule has 0 unspecified atom stereocenters. The zero-order chi connectivity index (χ0) is 11.9. The molecule has 0 saturated heterocycles. The lowest BCUT2D eigenvalue weighted by Crippen LogP contribution is -1.96. The Morgan fingerprint density at radius 3 is 2.69 bits per heavy atom. The highest BCUT2D eigenvalue weighted by molar-refractivity contribution is 7.71. The number of rotatable bonds is 1. The number of nitrogens with zero attached hydrogens (tertiary/aromatic N) is 1. The van der Waals surface area contributed by atoms with Crippen molar-refractivity contribution in [3.63, 3.8) is 0 Å². The van der Waals surface area contributed by atoms with Crippen molar-refractivity contribution >= 4 is 34.7 Å². The monoisotopic (exact) mass is 253 g/mol. The maximum absolute atomic E-state index is 6.10. The molecule has 2 nitrogen and oxygen atoms in total. The summed E-state index contributed by atoms with van der Waals surface area (Å²) in [4.78, 5) is 0. The van der Waals surface area contributed by atoms with Gasteiger partial charge >= 0.3 is 0 Å². The number of hydrogen-bond donors (Lipinski definition) is 0. The first-order valence-electron chi connectivity index (χ1n) is 4.88. The highest BCUT2D eigenvalue weighted by Gasteiger charge is 2.07. The fourth-order valence-corrected chi connectivity index (χ4v) is 2.26. The summed E-state index contributed by atoms with van der Waals surface area (Å²) in [6.07, 6.45) is 2.01. The molecule has 1 heterocycles. The molecular formula is C12H12ClNOS. The molecule has 0 aliphatic carbocycles. The fourth-order valence-electron chi connectivity index (χ4n) is 1.80. The maximum atomic E-state index is 6.10. The van der Waals surface area contributed by atoms with Gasteiger partial charge in [0.1, 0.15) is 5.75 Å². The molecule has 0 bridgehead atoms. The number of methoxy groups -OCH3 is 1. The van der Waals surface area contributed by atoms with Gasteiger partial charge in [0.15, 0.2) is 0 Å². The molecule has 2 rings (SSSR count). The van der Waals surface area contributed by atoms with E-state index in [0.717, 1.165) is 21.0 Å². The van der Waals surface area contributed by atoms with Crippen LogP contribution in [-0.2, 0) is 7.05 Å². The lowest BCUT2D eigenvalue weighted by molar-refractivity contribution is 0.415. The minimum atomic E-state index is 0.590. The van der Waals surface area contributed by atoms with E-state index in [0.29, 0.717) is 10.8 Å². The van der Waals surface area contributed by atoms with E-state index in [4.69, 9.17) is 28.6 Å². The Labute approximate surface area is 104 Å². The zero-order valence-corrected chi connectivity index (χ0v) is 10.9. The average molecular weight is 254 g/mol. The Morgan fingerprint density at radius 2 is 2.06 bits per heavy atom. The van der Waals surface area contributed by atoms with Crippen LogP contribution in [0.15, 0.2) is 18.3 Å². The second-order valence-electron chi connectivity index (χ2n) is 3.76. The van der Waals surface area contributed by atoms with Crippen molar-refractivity contribution in [3.8, 4) is 5.75 Å². The quantitative estimate of drug-likeness (QED) is 0.716. The Hall–Kier alpha value is -1.06. The minimum Gasteiger partial charge on any atom is -0.495 e. The van der Waals surface area contributed by atoms with Crippen molar-refractivity contribution in [2.45, 2.75) is 6.92 Å². The molecule has 0 fully saturated rings. The van der Waals surface area contributed by atoms with Gasteiger partial charge < -0.3 is 9.30 Å². The second-order valence-corrected chi connectivity index (χ2v) is 4.57. The predicted molar refractivity (Wildman–Crippen MR) is 70.1 cm³/mol. The van der Waals surface area contributed by atoms with Gasteiger partial charge in [-0.05, 0) is 18.6 Å². The lowest BCUT2D eigenvalue weighted by atomic mass is 10.1. The number of fused-ring (bicyclic) bond motifs is 1. The van der Waals surface area contributed by atoms with Crippen LogP contribution < -0.4 is 4.74 Å². The van der Waals surface area contributed by atoms with Gasteiger partial charge in [0.25, 0.3) is 0 Å². The highest BCUT2D eigenvalue weighted by atomic mass is 35.5. The summed E-state index contributed by atoms with van der Waals surface area (Å²) in [5, 5.41) is 1.58. The van der Waals surface area contributed by atoms with Crippen LogP contribution in [0.1, 0.15) is 5.56 Å².